The van der Waals surface area contributed by atoms with Crippen molar-refractivity contribution in [1.29, 1.82) is 0 Å². The Bertz CT molecular complexity index is 485. The number of benzene rings is 1. The van der Waals surface area contributed by atoms with Gasteiger partial charge in [-0.15, -0.1) is 0 Å². The van der Waals surface area contributed by atoms with E-state index in [4.69, 9.17) is 0 Å². The molecule has 2 rings (SSSR count). The van der Waals surface area contributed by atoms with Crippen molar-refractivity contribution in [3.63, 3.8) is 0 Å². The number of allylic oxidation sites excluding steroid dienone is 4. The van der Waals surface area contributed by atoms with Crippen molar-refractivity contribution in [1.82, 2.24) is 0 Å². The fourth-order valence-corrected chi connectivity index (χ4v) is 1.60. The van der Waals surface area contributed by atoms with Gasteiger partial charge >= 0.3 is 0 Å². The van der Waals surface area contributed by atoms with Gasteiger partial charge in [-0.05, 0) is 11.6 Å². The van der Waals surface area contributed by atoms with Gasteiger partial charge in [-0.1, -0.05) is 30.4 Å². The van der Waals surface area contributed by atoms with E-state index in [1.165, 1.54) is 18.2 Å². The number of hydrogen-bond acceptors (Lipinski definition) is 3. The van der Waals surface area contributed by atoms with E-state index in [-0.39, 0.29) is 17.4 Å². The third kappa shape index (κ3) is 1.91. The van der Waals surface area contributed by atoms with Crippen LogP contribution in [-0.2, 0) is 4.79 Å². The molecular weight excluding hydrogens is 206 g/mol. The van der Waals surface area contributed by atoms with Crippen LogP contribution in [0.3, 0.4) is 0 Å². The topological polar surface area (TPSA) is 60.2 Å². The van der Waals surface area contributed by atoms with E-state index in [1.807, 2.05) is 0 Å². The molecule has 0 fully saturated rings. The molecule has 4 nitrogen and oxygen atoms in total. The summed E-state index contributed by atoms with van der Waals surface area (Å²) in [6, 6.07) is 6.05. The zero-order valence-electron chi connectivity index (χ0n) is 8.37. The molecule has 4 heteroatoms. The number of nitro benzene ring substituents is 1. The fourth-order valence-electron chi connectivity index (χ4n) is 1.60. The van der Waals surface area contributed by atoms with Crippen molar-refractivity contribution in [2.75, 3.05) is 0 Å². The van der Waals surface area contributed by atoms with Gasteiger partial charge in [-0.25, -0.2) is 0 Å². The summed E-state index contributed by atoms with van der Waals surface area (Å²) in [5.41, 5.74) is 0.808. The first-order valence-corrected chi connectivity index (χ1v) is 4.81. The molecule has 1 aromatic carbocycles. The van der Waals surface area contributed by atoms with E-state index < -0.39 is 4.92 Å². The summed E-state index contributed by atoms with van der Waals surface area (Å²) in [6.45, 7) is 0. The second-order valence-corrected chi connectivity index (χ2v) is 3.47. The molecule has 0 bridgehead atoms. The molecule has 1 atom stereocenters. The SMILES string of the molecule is O=C1C=CC=CC1c1ccc([N+](=O)[O-])cc1. The van der Waals surface area contributed by atoms with E-state index in [1.54, 1.807) is 30.4 Å². The molecule has 16 heavy (non-hydrogen) atoms. The summed E-state index contributed by atoms with van der Waals surface area (Å²) >= 11 is 0. The number of carbonyl (C=O) groups is 1. The van der Waals surface area contributed by atoms with E-state index in [9.17, 15) is 14.9 Å². The smallest absolute Gasteiger partial charge is 0.269 e. The Labute approximate surface area is 92.1 Å². The van der Waals surface area contributed by atoms with Gasteiger partial charge in [0, 0.05) is 12.1 Å². The predicted molar refractivity (Wildman–Crippen MR) is 59.1 cm³/mol. The van der Waals surface area contributed by atoms with Gasteiger partial charge in [0.25, 0.3) is 5.69 Å². The fraction of sp³-hybridized carbons (Fsp3) is 0.0833. The highest BCUT2D eigenvalue weighted by molar-refractivity contribution is 5.98. The van der Waals surface area contributed by atoms with Crippen molar-refractivity contribution < 1.29 is 9.72 Å². The molecule has 0 radical (unpaired) electrons. The Morgan fingerprint density at radius 1 is 1.12 bits per heavy atom. The molecule has 0 aromatic heterocycles. The number of hydrogen-bond donors (Lipinski definition) is 0. The Hall–Kier alpha value is -2.23. The molecule has 1 aromatic rings. The average Bonchev–Trinajstić information content (AvgIpc) is 2.30. The zero-order chi connectivity index (χ0) is 11.5. The molecule has 1 aliphatic rings. The highest BCUT2D eigenvalue weighted by Gasteiger charge is 2.17. The van der Waals surface area contributed by atoms with E-state index in [0.29, 0.717) is 0 Å². The number of non-ortho nitro benzene ring substituents is 1. The van der Waals surface area contributed by atoms with Crippen LogP contribution in [0.25, 0.3) is 0 Å². The summed E-state index contributed by atoms with van der Waals surface area (Å²) in [4.78, 5) is 21.6. The van der Waals surface area contributed by atoms with E-state index in [0.717, 1.165) is 5.56 Å². The van der Waals surface area contributed by atoms with Crippen LogP contribution in [0.1, 0.15) is 11.5 Å². The van der Waals surface area contributed by atoms with Crippen molar-refractivity contribution in [2.24, 2.45) is 0 Å². The number of ketones is 1. The summed E-state index contributed by atoms with van der Waals surface area (Å²) < 4.78 is 0. The molecule has 0 aliphatic heterocycles. The first kappa shape index (κ1) is 10.3. The molecule has 0 heterocycles. The van der Waals surface area contributed by atoms with Crippen LogP contribution in [0.4, 0.5) is 5.69 Å². The Morgan fingerprint density at radius 2 is 1.81 bits per heavy atom. The second-order valence-electron chi connectivity index (χ2n) is 3.47. The molecule has 0 N–H and O–H groups in total. The molecule has 1 unspecified atom stereocenters. The molecule has 80 valence electrons. The minimum absolute atomic E-state index is 0.00338. The standard InChI is InChI=1S/C12H9NO3/c14-12-4-2-1-3-11(12)9-5-7-10(8-6-9)13(15)16/h1-8,11H. The van der Waals surface area contributed by atoms with E-state index in [2.05, 4.69) is 0 Å². The minimum Gasteiger partial charge on any atom is -0.294 e. The van der Waals surface area contributed by atoms with Gasteiger partial charge < -0.3 is 0 Å². The summed E-state index contributed by atoms with van der Waals surface area (Å²) in [5.74, 6) is -0.317. The summed E-state index contributed by atoms with van der Waals surface area (Å²) in [6.07, 6.45) is 6.77. The maximum atomic E-state index is 11.5. The van der Waals surface area contributed by atoms with Crippen molar-refractivity contribution in [2.45, 2.75) is 5.92 Å². The number of carbonyl (C=O) groups excluding carboxylic acids is 1. The number of rotatable bonds is 2. The summed E-state index contributed by atoms with van der Waals surface area (Å²) in [5, 5.41) is 10.5. The third-order valence-corrected chi connectivity index (χ3v) is 2.44. The Balaban J connectivity index is 2.28. The Morgan fingerprint density at radius 3 is 2.38 bits per heavy atom. The summed E-state index contributed by atoms with van der Waals surface area (Å²) in [7, 11) is 0. The largest absolute Gasteiger partial charge is 0.294 e. The van der Waals surface area contributed by atoms with Crippen LogP contribution >= 0.6 is 0 Å². The second kappa shape index (κ2) is 4.10. The van der Waals surface area contributed by atoms with Gasteiger partial charge in [-0.3, -0.25) is 14.9 Å². The van der Waals surface area contributed by atoms with Crippen molar-refractivity contribution in [3.05, 3.63) is 64.2 Å². The van der Waals surface area contributed by atoms with E-state index >= 15 is 0 Å². The molecular formula is C12H9NO3. The number of nitro groups is 1. The first-order chi connectivity index (χ1) is 7.68. The molecule has 0 amide bonds. The van der Waals surface area contributed by atoms with Crippen LogP contribution in [0.2, 0.25) is 0 Å². The van der Waals surface area contributed by atoms with Crippen LogP contribution in [0.5, 0.6) is 0 Å². The molecule has 0 saturated heterocycles. The monoisotopic (exact) mass is 215 g/mol. The minimum atomic E-state index is -0.456. The molecule has 0 spiro atoms. The molecule has 1 aliphatic carbocycles. The lowest BCUT2D eigenvalue weighted by Gasteiger charge is -2.11. The number of nitrogens with zero attached hydrogens (tertiary/aromatic N) is 1. The average molecular weight is 215 g/mol. The van der Waals surface area contributed by atoms with Gasteiger partial charge in [0.1, 0.15) is 0 Å². The van der Waals surface area contributed by atoms with Crippen LogP contribution in [-0.4, -0.2) is 10.7 Å². The van der Waals surface area contributed by atoms with Crippen molar-refractivity contribution in [3.8, 4) is 0 Å². The predicted octanol–water partition coefficient (Wildman–Crippen LogP) is 2.37. The Kier molecular flexibility index (Phi) is 2.64. The molecule has 0 saturated carbocycles. The lowest BCUT2D eigenvalue weighted by atomic mass is 9.91. The quantitative estimate of drug-likeness (QED) is 0.562. The van der Waals surface area contributed by atoms with Gasteiger partial charge in [0.05, 0.1) is 10.8 Å². The van der Waals surface area contributed by atoms with Crippen LogP contribution < -0.4 is 0 Å². The van der Waals surface area contributed by atoms with Crippen LogP contribution in [0, 0.1) is 10.1 Å². The lowest BCUT2D eigenvalue weighted by Crippen LogP contribution is -2.09. The zero-order valence-corrected chi connectivity index (χ0v) is 8.37. The maximum absolute atomic E-state index is 11.5. The third-order valence-electron chi connectivity index (χ3n) is 2.44. The highest BCUT2D eigenvalue weighted by Crippen LogP contribution is 2.23. The van der Waals surface area contributed by atoms with Gasteiger partial charge in [0.2, 0.25) is 0 Å². The van der Waals surface area contributed by atoms with Crippen molar-refractivity contribution >= 4 is 11.5 Å². The van der Waals surface area contributed by atoms with Gasteiger partial charge in [-0.2, -0.15) is 0 Å². The van der Waals surface area contributed by atoms with Crippen LogP contribution in [0.15, 0.2) is 48.6 Å². The highest BCUT2D eigenvalue weighted by atomic mass is 16.6. The van der Waals surface area contributed by atoms with Gasteiger partial charge in [0.15, 0.2) is 5.78 Å². The normalized spacial score (nSPS) is 18.8. The maximum Gasteiger partial charge on any atom is 0.269 e. The first-order valence-electron chi connectivity index (χ1n) is 4.81. The lowest BCUT2D eigenvalue weighted by molar-refractivity contribution is -0.384.